The number of amides is 1. The second-order valence-electron chi connectivity index (χ2n) is 5.30. The highest BCUT2D eigenvalue weighted by Gasteiger charge is 2.25. The van der Waals surface area contributed by atoms with Crippen LogP contribution in [0.5, 0.6) is 0 Å². The Morgan fingerprint density at radius 1 is 1.19 bits per heavy atom. The molecule has 0 saturated heterocycles. The van der Waals surface area contributed by atoms with Gasteiger partial charge in [0.2, 0.25) is 5.91 Å². The Kier molecular flexibility index (Phi) is 5.55. The molecule has 0 radical (unpaired) electrons. The van der Waals surface area contributed by atoms with Crippen LogP contribution in [0.15, 0.2) is 42.5 Å². The number of carbonyl (C=O) groups excluding carboxylic acids is 1. The Morgan fingerprint density at radius 2 is 1.95 bits per heavy atom. The standard InChI is InChI=1S/C17H21NO3/c19-16(20)12-7-13-18(15-10-5-2-6-11-15)17(21)14-8-3-1-4-9-14/h1-3,5-6,10-11,14H,4,7-9,12-13H2,(H,19,20). The molecule has 4 nitrogen and oxygen atoms in total. The lowest BCUT2D eigenvalue weighted by Crippen LogP contribution is -2.37. The van der Waals surface area contributed by atoms with E-state index < -0.39 is 5.97 Å². The molecule has 2 rings (SSSR count). The highest BCUT2D eigenvalue weighted by molar-refractivity contribution is 5.95. The molecule has 21 heavy (non-hydrogen) atoms. The van der Waals surface area contributed by atoms with E-state index in [1.165, 1.54) is 0 Å². The molecule has 0 bridgehead atoms. The monoisotopic (exact) mass is 287 g/mol. The largest absolute Gasteiger partial charge is 0.481 e. The van der Waals surface area contributed by atoms with E-state index >= 15 is 0 Å². The van der Waals surface area contributed by atoms with Crippen molar-refractivity contribution < 1.29 is 14.7 Å². The first-order valence-electron chi connectivity index (χ1n) is 7.41. The second kappa shape index (κ2) is 7.62. The smallest absolute Gasteiger partial charge is 0.303 e. The Hall–Kier alpha value is -2.10. The van der Waals surface area contributed by atoms with E-state index in [0.717, 1.165) is 24.9 Å². The van der Waals surface area contributed by atoms with Gasteiger partial charge in [-0.15, -0.1) is 0 Å². The van der Waals surface area contributed by atoms with Crippen molar-refractivity contribution in [1.82, 2.24) is 0 Å². The minimum atomic E-state index is -0.823. The normalized spacial score (nSPS) is 17.4. The molecule has 1 aromatic rings. The third kappa shape index (κ3) is 4.45. The number of nitrogens with zero attached hydrogens (tertiary/aromatic N) is 1. The van der Waals surface area contributed by atoms with E-state index in [9.17, 15) is 9.59 Å². The molecule has 1 aliphatic carbocycles. The Labute approximate surface area is 125 Å². The van der Waals surface area contributed by atoms with Crippen molar-refractivity contribution >= 4 is 17.6 Å². The van der Waals surface area contributed by atoms with E-state index in [2.05, 4.69) is 12.2 Å². The molecule has 0 spiro atoms. The van der Waals surface area contributed by atoms with Gasteiger partial charge >= 0.3 is 5.97 Å². The Morgan fingerprint density at radius 3 is 2.57 bits per heavy atom. The number of rotatable bonds is 6. The first kappa shape index (κ1) is 15.3. The molecule has 1 aromatic carbocycles. The average Bonchev–Trinajstić information content (AvgIpc) is 2.52. The van der Waals surface area contributed by atoms with E-state index in [1.807, 2.05) is 30.3 Å². The van der Waals surface area contributed by atoms with Crippen molar-refractivity contribution in [2.45, 2.75) is 32.1 Å². The van der Waals surface area contributed by atoms with Crippen molar-refractivity contribution in [2.24, 2.45) is 5.92 Å². The molecule has 1 unspecified atom stereocenters. The number of hydrogen-bond donors (Lipinski definition) is 1. The number of carboxylic acids is 1. The van der Waals surface area contributed by atoms with Crippen LogP contribution in [-0.4, -0.2) is 23.5 Å². The number of benzene rings is 1. The first-order valence-corrected chi connectivity index (χ1v) is 7.41. The van der Waals surface area contributed by atoms with Crippen molar-refractivity contribution in [3.8, 4) is 0 Å². The van der Waals surface area contributed by atoms with Gasteiger partial charge in [-0.2, -0.15) is 0 Å². The van der Waals surface area contributed by atoms with Gasteiger partial charge in [0.1, 0.15) is 0 Å². The van der Waals surface area contributed by atoms with E-state index in [0.29, 0.717) is 13.0 Å². The van der Waals surface area contributed by atoms with Crippen LogP contribution in [0.3, 0.4) is 0 Å². The Bertz CT molecular complexity index is 510. The summed E-state index contributed by atoms with van der Waals surface area (Å²) >= 11 is 0. The molecule has 1 amide bonds. The van der Waals surface area contributed by atoms with E-state index in [4.69, 9.17) is 5.11 Å². The van der Waals surface area contributed by atoms with Crippen molar-refractivity contribution in [3.63, 3.8) is 0 Å². The summed E-state index contributed by atoms with van der Waals surface area (Å²) < 4.78 is 0. The van der Waals surface area contributed by atoms with Crippen LogP contribution in [0.1, 0.15) is 32.1 Å². The van der Waals surface area contributed by atoms with Crippen molar-refractivity contribution in [1.29, 1.82) is 0 Å². The molecule has 112 valence electrons. The fraction of sp³-hybridized carbons (Fsp3) is 0.412. The molecular weight excluding hydrogens is 266 g/mol. The third-order valence-corrected chi connectivity index (χ3v) is 3.72. The lowest BCUT2D eigenvalue weighted by Gasteiger charge is -2.28. The molecule has 0 heterocycles. The first-order chi connectivity index (χ1) is 10.2. The number of para-hydroxylation sites is 1. The van der Waals surface area contributed by atoms with Gasteiger partial charge in [0.05, 0.1) is 0 Å². The topological polar surface area (TPSA) is 57.6 Å². The molecule has 1 N–H and O–H groups in total. The molecule has 0 aliphatic heterocycles. The summed E-state index contributed by atoms with van der Waals surface area (Å²) in [5.74, 6) is -0.702. The predicted molar refractivity (Wildman–Crippen MR) is 82.1 cm³/mol. The maximum Gasteiger partial charge on any atom is 0.303 e. The van der Waals surface area contributed by atoms with Gasteiger partial charge < -0.3 is 10.0 Å². The van der Waals surface area contributed by atoms with Gasteiger partial charge in [-0.3, -0.25) is 9.59 Å². The van der Waals surface area contributed by atoms with Crippen LogP contribution < -0.4 is 4.90 Å². The predicted octanol–water partition coefficient (Wildman–Crippen LogP) is 3.24. The van der Waals surface area contributed by atoms with Gasteiger partial charge in [0, 0.05) is 24.6 Å². The van der Waals surface area contributed by atoms with Gasteiger partial charge in [0.15, 0.2) is 0 Å². The van der Waals surface area contributed by atoms with E-state index in [1.54, 1.807) is 4.90 Å². The molecular formula is C17H21NO3. The van der Waals surface area contributed by atoms with Crippen LogP contribution in [-0.2, 0) is 9.59 Å². The van der Waals surface area contributed by atoms with Crippen molar-refractivity contribution in [3.05, 3.63) is 42.5 Å². The quantitative estimate of drug-likeness (QED) is 0.817. The molecule has 4 heteroatoms. The number of hydrogen-bond acceptors (Lipinski definition) is 2. The van der Waals surface area contributed by atoms with Crippen LogP contribution >= 0.6 is 0 Å². The summed E-state index contributed by atoms with van der Waals surface area (Å²) in [6.45, 7) is 0.454. The molecule has 0 aromatic heterocycles. The Balaban J connectivity index is 2.09. The fourth-order valence-corrected chi connectivity index (χ4v) is 2.60. The summed E-state index contributed by atoms with van der Waals surface area (Å²) in [5.41, 5.74) is 0.849. The minimum absolute atomic E-state index is 0.0139. The highest BCUT2D eigenvalue weighted by atomic mass is 16.4. The average molecular weight is 287 g/mol. The summed E-state index contributed by atoms with van der Waals surface area (Å²) in [6, 6.07) is 9.50. The summed E-state index contributed by atoms with van der Waals surface area (Å²) in [4.78, 5) is 25.1. The fourth-order valence-electron chi connectivity index (χ4n) is 2.60. The van der Waals surface area contributed by atoms with Crippen LogP contribution in [0.2, 0.25) is 0 Å². The SMILES string of the molecule is O=C(O)CCCN(C(=O)C1CC=CCC1)c1ccccc1. The van der Waals surface area contributed by atoms with Crippen LogP contribution in [0.25, 0.3) is 0 Å². The summed E-state index contributed by atoms with van der Waals surface area (Å²) in [6.07, 6.45) is 7.32. The van der Waals surface area contributed by atoms with Gasteiger partial charge in [0.25, 0.3) is 0 Å². The zero-order chi connectivity index (χ0) is 15.1. The molecule has 0 saturated carbocycles. The van der Waals surface area contributed by atoms with Gasteiger partial charge in [-0.1, -0.05) is 30.4 Å². The van der Waals surface area contributed by atoms with Gasteiger partial charge in [-0.05, 0) is 37.8 Å². The summed E-state index contributed by atoms with van der Waals surface area (Å²) in [5, 5.41) is 8.77. The second-order valence-corrected chi connectivity index (χ2v) is 5.30. The number of carbonyl (C=O) groups is 2. The maximum absolute atomic E-state index is 12.7. The lowest BCUT2D eigenvalue weighted by atomic mass is 9.93. The lowest BCUT2D eigenvalue weighted by molar-refractivity contribution is -0.137. The minimum Gasteiger partial charge on any atom is -0.481 e. The molecule has 1 atom stereocenters. The highest BCUT2D eigenvalue weighted by Crippen LogP contribution is 2.24. The van der Waals surface area contributed by atoms with Crippen LogP contribution in [0, 0.1) is 5.92 Å². The third-order valence-electron chi connectivity index (χ3n) is 3.72. The number of carboxylic acid groups (broad SMARTS) is 1. The maximum atomic E-state index is 12.7. The number of aliphatic carboxylic acids is 1. The molecule has 1 aliphatic rings. The zero-order valence-electron chi connectivity index (χ0n) is 12.1. The van der Waals surface area contributed by atoms with Gasteiger partial charge in [-0.25, -0.2) is 0 Å². The number of allylic oxidation sites excluding steroid dienone is 2. The van der Waals surface area contributed by atoms with Crippen LogP contribution in [0.4, 0.5) is 5.69 Å². The number of anilines is 1. The van der Waals surface area contributed by atoms with Crippen molar-refractivity contribution in [2.75, 3.05) is 11.4 Å². The molecule has 0 fully saturated rings. The summed E-state index contributed by atoms with van der Waals surface area (Å²) in [7, 11) is 0. The van der Waals surface area contributed by atoms with E-state index in [-0.39, 0.29) is 18.2 Å². The zero-order valence-corrected chi connectivity index (χ0v) is 12.1.